The van der Waals surface area contributed by atoms with Gasteiger partial charge in [-0.15, -0.1) is 0 Å². The van der Waals surface area contributed by atoms with Crippen LogP contribution in [0.1, 0.15) is 18.1 Å². The van der Waals surface area contributed by atoms with Gasteiger partial charge in [-0.25, -0.2) is 0 Å². The number of carbonyl (C=O) groups excluding carboxylic acids is 3. The SMILES string of the molecule is CCOC(=O)CN1C(=O)S/C(=C/c2cc(I)c(OCc3cccc4ccccc34)c(OC)c2)C1=O. The van der Waals surface area contributed by atoms with Crippen LogP contribution in [0.5, 0.6) is 11.5 Å². The van der Waals surface area contributed by atoms with Crippen molar-refractivity contribution in [2.24, 2.45) is 0 Å². The fourth-order valence-corrected chi connectivity index (χ4v) is 5.27. The second-order valence-corrected chi connectivity index (χ2v) is 9.69. The number of nitrogens with zero attached hydrogens (tertiary/aromatic N) is 1. The molecule has 1 aliphatic rings. The predicted octanol–water partition coefficient (Wildman–Crippen LogP) is 5.63. The van der Waals surface area contributed by atoms with Gasteiger partial charge in [0, 0.05) is 0 Å². The van der Waals surface area contributed by atoms with E-state index in [1.54, 1.807) is 26.2 Å². The number of esters is 1. The van der Waals surface area contributed by atoms with Gasteiger partial charge in [-0.05, 0) is 81.4 Å². The molecule has 1 saturated heterocycles. The summed E-state index contributed by atoms with van der Waals surface area (Å²) in [5, 5.41) is 1.76. The fraction of sp³-hybridized carbons (Fsp3) is 0.192. The molecule has 0 saturated carbocycles. The van der Waals surface area contributed by atoms with Crippen molar-refractivity contribution in [1.82, 2.24) is 4.90 Å². The van der Waals surface area contributed by atoms with Crippen LogP contribution in [0.4, 0.5) is 4.79 Å². The van der Waals surface area contributed by atoms with Crippen molar-refractivity contribution in [3.8, 4) is 11.5 Å². The highest BCUT2D eigenvalue weighted by Crippen LogP contribution is 2.38. The molecule has 180 valence electrons. The molecule has 0 bridgehead atoms. The number of hydrogen-bond donors (Lipinski definition) is 0. The Bertz CT molecular complexity index is 1330. The molecule has 1 heterocycles. The third-order valence-electron chi connectivity index (χ3n) is 5.27. The summed E-state index contributed by atoms with van der Waals surface area (Å²) in [7, 11) is 1.55. The zero-order valence-electron chi connectivity index (χ0n) is 19.1. The molecule has 0 N–H and O–H groups in total. The minimum atomic E-state index is -0.625. The number of rotatable bonds is 8. The van der Waals surface area contributed by atoms with Crippen LogP contribution in [-0.2, 0) is 20.9 Å². The number of halogens is 1. The summed E-state index contributed by atoms with van der Waals surface area (Å²) < 4.78 is 17.4. The van der Waals surface area contributed by atoms with Crippen LogP contribution in [0.3, 0.4) is 0 Å². The Balaban J connectivity index is 1.55. The summed E-state index contributed by atoms with van der Waals surface area (Å²) in [6, 6.07) is 17.8. The first kappa shape index (κ1) is 25.1. The first-order chi connectivity index (χ1) is 16.9. The van der Waals surface area contributed by atoms with E-state index in [-0.39, 0.29) is 11.5 Å². The van der Waals surface area contributed by atoms with Crippen molar-refractivity contribution in [3.63, 3.8) is 0 Å². The van der Waals surface area contributed by atoms with Crippen LogP contribution in [0, 0.1) is 3.57 Å². The van der Waals surface area contributed by atoms with E-state index in [1.807, 2.05) is 30.3 Å². The summed E-state index contributed by atoms with van der Waals surface area (Å²) in [4.78, 5) is 37.8. The number of imide groups is 1. The first-order valence-electron chi connectivity index (χ1n) is 10.8. The van der Waals surface area contributed by atoms with Crippen LogP contribution >= 0.6 is 34.4 Å². The second kappa shape index (κ2) is 11.1. The van der Waals surface area contributed by atoms with E-state index in [1.165, 1.54) is 0 Å². The van der Waals surface area contributed by atoms with Crippen molar-refractivity contribution in [2.75, 3.05) is 20.3 Å². The fourth-order valence-electron chi connectivity index (χ4n) is 3.65. The predicted molar refractivity (Wildman–Crippen MR) is 143 cm³/mol. The standard InChI is InChI=1S/C26H22INO6S/c1-3-33-23(29)14-28-25(30)22(35-26(28)31)13-16-11-20(27)24(21(12-16)32-2)34-15-18-9-6-8-17-7-4-5-10-19(17)18/h4-13H,3,14-15H2,1-2H3/b22-13+. The molecule has 0 aromatic heterocycles. The minimum absolute atomic E-state index is 0.179. The topological polar surface area (TPSA) is 82.1 Å². The van der Waals surface area contributed by atoms with Gasteiger partial charge < -0.3 is 14.2 Å². The van der Waals surface area contributed by atoms with Gasteiger partial charge in [0.15, 0.2) is 11.5 Å². The average Bonchev–Trinajstić information content (AvgIpc) is 3.10. The highest BCUT2D eigenvalue weighted by molar-refractivity contribution is 14.1. The maximum atomic E-state index is 12.7. The maximum Gasteiger partial charge on any atom is 0.326 e. The van der Waals surface area contributed by atoms with E-state index in [0.717, 1.165) is 36.6 Å². The van der Waals surface area contributed by atoms with E-state index < -0.39 is 23.7 Å². The molecule has 0 unspecified atom stereocenters. The van der Waals surface area contributed by atoms with Gasteiger partial charge in [0.2, 0.25) is 0 Å². The minimum Gasteiger partial charge on any atom is -0.493 e. The Morgan fingerprint density at radius 3 is 2.66 bits per heavy atom. The van der Waals surface area contributed by atoms with Crippen LogP contribution in [0.15, 0.2) is 59.5 Å². The van der Waals surface area contributed by atoms with Crippen LogP contribution in [-0.4, -0.2) is 42.3 Å². The van der Waals surface area contributed by atoms with Gasteiger partial charge in [-0.3, -0.25) is 19.3 Å². The van der Waals surface area contributed by atoms with E-state index >= 15 is 0 Å². The molecule has 0 radical (unpaired) electrons. The van der Waals surface area contributed by atoms with Crippen molar-refractivity contribution >= 4 is 68.3 Å². The molecule has 4 rings (SSSR count). The lowest BCUT2D eigenvalue weighted by Crippen LogP contribution is -2.34. The van der Waals surface area contributed by atoms with Gasteiger partial charge in [0.1, 0.15) is 13.2 Å². The van der Waals surface area contributed by atoms with Crippen LogP contribution in [0.2, 0.25) is 0 Å². The monoisotopic (exact) mass is 603 g/mol. The molecule has 35 heavy (non-hydrogen) atoms. The van der Waals surface area contributed by atoms with Crippen LogP contribution in [0.25, 0.3) is 16.8 Å². The number of benzene rings is 3. The van der Waals surface area contributed by atoms with Gasteiger partial charge >= 0.3 is 5.97 Å². The zero-order chi connectivity index (χ0) is 24.9. The summed E-state index contributed by atoms with van der Waals surface area (Å²) in [5.41, 5.74) is 1.73. The van der Waals surface area contributed by atoms with E-state index in [2.05, 4.69) is 40.8 Å². The molecule has 0 atom stereocenters. The van der Waals surface area contributed by atoms with E-state index in [4.69, 9.17) is 14.2 Å². The number of amides is 2. The lowest BCUT2D eigenvalue weighted by atomic mass is 10.1. The average molecular weight is 603 g/mol. The highest BCUT2D eigenvalue weighted by Gasteiger charge is 2.36. The van der Waals surface area contributed by atoms with E-state index in [0.29, 0.717) is 23.7 Å². The molecule has 7 nitrogen and oxygen atoms in total. The largest absolute Gasteiger partial charge is 0.493 e. The lowest BCUT2D eigenvalue weighted by Gasteiger charge is -2.15. The number of methoxy groups -OCH3 is 1. The zero-order valence-corrected chi connectivity index (χ0v) is 22.1. The van der Waals surface area contributed by atoms with Gasteiger partial charge in [-0.2, -0.15) is 0 Å². The molecular weight excluding hydrogens is 581 g/mol. The molecule has 9 heteroatoms. The van der Waals surface area contributed by atoms with Crippen LogP contribution < -0.4 is 9.47 Å². The number of ether oxygens (including phenoxy) is 3. The quantitative estimate of drug-likeness (QED) is 0.188. The third-order valence-corrected chi connectivity index (χ3v) is 6.98. The van der Waals surface area contributed by atoms with Gasteiger partial charge in [0.25, 0.3) is 11.1 Å². The Labute approximate surface area is 220 Å². The summed E-state index contributed by atoms with van der Waals surface area (Å²) in [5.74, 6) is -0.0546. The molecule has 0 spiro atoms. The Hall–Kier alpha value is -3.05. The lowest BCUT2D eigenvalue weighted by molar-refractivity contribution is -0.145. The number of carbonyl (C=O) groups is 3. The molecule has 3 aromatic carbocycles. The maximum absolute atomic E-state index is 12.7. The normalized spacial score (nSPS) is 14.6. The Kier molecular flexibility index (Phi) is 7.97. The molecular formula is C26H22INO6S. The summed E-state index contributed by atoms with van der Waals surface area (Å²) in [6.07, 6.45) is 1.61. The summed E-state index contributed by atoms with van der Waals surface area (Å²) >= 11 is 2.94. The van der Waals surface area contributed by atoms with Gasteiger partial charge in [0.05, 0.1) is 22.2 Å². The smallest absolute Gasteiger partial charge is 0.326 e. The van der Waals surface area contributed by atoms with Crippen molar-refractivity contribution in [2.45, 2.75) is 13.5 Å². The number of fused-ring (bicyclic) bond motifs is 1. The molecule has 1 aliphatic heterocycles. The number of thioether (sulfide) groups is 1. The molecule has 1 fully saturated rings. The third kappa shape index (κ3) is 5.62. The Morgan fingerprint density at radius 2 is 1.89 bits per heavy atom. The first-order valence-corrected chi connectivity index (χ1v) is 12.7. The highest BCUT2D eigenvalue weighted by atomic mass is 127. The molecule has 0 aliphatic carbocycles. The second-order valence-electron chi connectivity index (χ2n) is 7.53. The van der Waals surface area contributed by atoms with Crippen molar-refractivity contribution in [1.29, 1.82) is 0 Å². The van der Waals surface area contributed by atoms with E-state index in [9.17, 15) is 14.4 Å². The Morgan fingerprint density at radius 1 is 1.11 bits per heavy atom. The summed E-state index contributed by atoms with van der Waals surface area (Å²) in [6.45, 7) is 1.80. The van der Waals surface area contributed by atoms with Crippen molar-refractivity contribution < 1.29 is 28.6 Å². The van der Waals surface area contributed by atoms with Crippen molar-refractivity contribution in [3.05, 3.63) is 74.2 Å². The molecule has 3 aromatic rings. The number of hydrogen-bond acceptors (Lipinski definition) is 7. The van der Waals surface area contributed by atoms with Gasteiger partial charge in [-0.1, -0.05) is 42.5 Å². The molecule has 2 amide bonds.